The first kappa shape index (κ1) is 51.4. The number of aliphatic hydroxyl groups excluding tert-OH is 1. The number of benzene rings is 2. The van der Waals surface area contributed by atoms with Gasteiger partial charge in [-0.2, -0.15) is 0 Å². The number of carbonyl (C=O) groups excluding carboxylic acids is 1. The molecule has 386 valence electrons. The predicted molar refractivity (Wildman–Crippen MR) is 276 cm³/mol. The number of piperidine rings is 1. The lowest BCUT2D eigenvalue weighted by Crippen LogP contribution is -2.98. The fourth-order valence-corrected chi connectivity index (χ4v) is 12.5. The topological polar surface area (TPSA) is 197 Å². The molecule has 18 heteroatoms. The van der Waals surface area contributed by atoms with E-state index >= 15 is 4.39 Å². The van der Waals surface area contributed by atoms with Crippen molar-refractivity contribution in [3.63, 3.8) is 0 Å². The highest BCUT2D eigenvalue weighted by Gasteiger charge is 2.50. The Morgan fingerprint density at radius 1 is 1.04 bits per heavy atom. The normalized spacial score (nSPS) is 23.1. The number of anilines is 2. The van der Waals surface area contributed by atoms with Gasteiger partial charge in [-0.1, -0.05) is 44.7 Å². The van der Waals surface area contributed by atoms with Crippen LogP contribution in [0.25, 0.3) is 11.4 Å². The van der Waals surface area contributed by atoms with Crippen LogP contribution in [0.5, 0.6) is 17.4 Å². The number of hydrogen-bond acceptors (Lipinski definition) is 14. The number of piperazine rings is 1. The van der Waals surface area contributed by atoms with E-state index in [4.69, 9.17) is 9.47 Å². The second-order valence-electron chi connectivity index (χ2n) is 21.2. The number of sulfonamides is 1. The standard InChI is InChI=1S/C54H69FN8O8S/c1-34(2)40-9-7-8-10-41(40)46-33-61(23-24-64)21-22-63(46)38-29-54(30-38)17-19-62(20-18-54)37-11-12-42(47(26-37)71-48-28-43-44(55)25-35(3)49(43)58-52(48)70-6)51(65)59-72(68,69)39-27-45(60(5)67)50(57-32-39)56-31-36-13-15-53(4,66)16-14-36/h7-12,25-28,32,34,36,38,46,60,64,66H,3,13-24,29-31,33H2,1-2,4-6H3,(H,56,57)(H,59,65)/t36-,46-,53-/m0/s1. The summed E-state index contributed by atoms with van der Waals surface area (Å²) in [5, 5.41) is 35.8. The summed E-state index contributed by atoms with van der Waals surface area (Å²) in [6.07, 6.45) is 9.39. The second-order valence-corrected chi connectivity index (χ2v) is 22.9. The molecule has 3 aliphatic carbocycles. The Balaban J connectivity index is 0.933. The third kappa shape index (κ3) is 10.8. The van der Waals surface area contributed by atoms with Gasteiger partial charge in [0.25, 0.3) is 21.8 Å². The monoisotopic (exact) mass is 1010 g/mol. The third-order valence-corrected chi connectivity index (χ3v) is 17.2. The molecular weight excluding hydrogens is 940 g/mol. The Morgan fingerprint density at radius 2 is 1.78 bits per heavy atom. The molecule has 4 heterocycles. The molecule has 9 rings (SSSR count). The summed E-state index contributed by atoms with van der Waals surface area (Å²) in [5.74, 6) is -0.690. The number of halogens is 1. The molecular formula is C54H69FN8O8S. The molecule has 1 spiro atoms. The van der Waals surface area contributed by atoms with Crippen molar-refractivity contribution in [2.75, 3.05) is 76.8 Å². The number of hydrogen-bond donors (Lipinski definition) is 5. The summed E-state index contributed by atoms with van der Waals surface area (Å²) in [6.45, 7) is 15.8. The molecule has 16 nitrogen and oxygen atoms in total. The highest BCUT2D eigenvalue weighted by atomic mass is 32.2. The van der Waals surface area contributed by atoms with Crippen LogP contribution in [-0.2, 0) is 10.0 Å². The molecule has 2 saturated carbocycles. The van der Waals surface area contributed by atoms with Crippen LogP contribution in [0.2, 0.25) is 0 Å². The minimum Gasteiger partial charge on any atom is -0.629 e. The first-order valence-corrected chi connectivity index (χ1v) is 26.8. The van der Waals surface area contributed by atoms with Gasteiger partial charge in [-0.15, -0.1) is 0 Å². The van der Waals surface area contributed by atoms with Crippen LogP contribution in [0.3, 0.4) is 0 Å². The van der Waals surface area contributed by atoms with Crippen LogP contribution in [0, 0.1) is 16.5 Å². The quantitative estimate of drug-likeness (QED) is 0.0723. The number of ether oxygens (including phenoxy) is 2. The number of hydroxylamine groups is 1. The Morgan fingerprint density at radius 3 is 2.47 bits per heavy atom. The summed E-state index contributed by atoms with van der Waals surface area (Å²) in [6, 6.07) is 17.1. The molecule has 4 fully saturated rings. The smallest absolute Gasteiger partial charge is 0.268 e. The number of pyridine rings is 2. The minimum absolute atomic E-state index is 0.00479. The van der Waals surface area contributed by atoms with E-state index in [0.29, 0.717) is 43.5 Å². The number of nitrogens with zero attached hydrogens (tertiary/aromatic N) is 5. The number of β-amino-alcohol motifs (C(OH)–C–C–N with tert-alkyl or cyclic N) is 1. The van der Waals surface area contributed by atoms with Crippen LogP contribution >= 0.6 is 0 Å². The second kappa shape index (κ2) is 20.8. The molecule has 5 aliphatic rings. The molecule has 2 saturated heterocycles. The lowest BCUT2D eigenvalue weighted by atomic mass is 9.59. The molecule has 2 aromatic carbocycles. The average Bonchev–Trinajstić information content (AvgIpc) is 3.62. The zero-order valence-electron chi connectivity index (χ0n) is 42.0. The number of aliphatic hydroxyl groups is 2. The number of quaternary nitrogens is 1. The highest BCUT2D eigenvalue weighted by molar-refractivity contribution is 7.90. The van der Waals surface area contributed by atoms with Gasteiger partial charge in [0.05, 0.1) is 43.8 Å². The van der Waals surface area contributed by atoms with Crippen molar-refractivity contribution >= 4 is 44.5 Å². The van der Waals surface area contributed by atoms with Gasteiger partial charge in [0.1, 0.15) is 16.5 Å². The molecule has 5 N–H and O–H groups in total. The van der Waals surface area contributed by atoms with Crippen molar-refractivity contribution in [1.82, 2.24) is 24.5 Å². The fourth-order valence-electron chi connectivity index (χ4n) is 11.6. The van der Waals surface area contributed by atoms with E-state index in [0.717, 1.165) is 83.1 Å². The number of methoxy groups -OCH3 is 1. The summed E-state index contributed by atoms with van der Waals surface area (Å²) in [5.41, 5.74) is 3.71. The van der Waals surface area contributed by atoms with Crippen LogP contribution in [0.1, 0.15) is 117 Å². The number of rotatable bonds is 16. The largest absolute Gasteiger partial charge is 0.629 e. The van der Waals surface area contributed by atoms with E-state index in [1.165, 1.54) is 49.6 Å². The predicted octanol–water partition coefficient (Wildman–Crippen LogP) is 6.95. The van der Waals surface area contributed by atoms with Gasteiger partial charge in [0.15, 0.2) is 17.3 Å². The first-order chi connectivity index (χ1) is 34.4. The number of fused-ring (bicyclic) bond motifs is 1. The number of nitrogens with one attached hydrogen (secondary N) is 3. The summed E-state index contributed by atoms with van der Waals surface area (Å²) in [4.78, 5) is 30.0. The van der Waals surface area contributed by atoms with Crippen molar-refractivity contribution in [3.05, 3.63) is 107 Å². The number of allylic oxidation sites excluding steroid dienone is 2. The van der Waals surface area contributed by atoms with E-state index < -0.39 is 32.4 Å². The maximum absolute atomic E-state index is 15.1. The molecule has 1 amide bonds. The maximum atomic E-state index is 15.1. The molecule has 2 aromatic heterocycles. The minimum atomic E-state index is -4.59. The van der Waals surface area contributed by atoms with E-state index in [2.05, 4.69) is 79.4 Å². The summed E-state index contributed by atoms with van der Waals surface area (Å²) >= 11 is 0. The van der Waals surface area contributed by atoms with Crippen LogP contribution in [0.4, 0.5) is 21.6 Å². The Kier molecular flexibility index (Phi) is 14.9. The zero-order valence-corrected chi connectivity index (χ0v) is 42.9. The van der Waals surface area contributed by atoms with Crippen molar-refractivity contribution in [2.45, 2.75) is 101 Å². The van der Waals surface area contributed by atoms with E-state index in [1.54, 1.807) is 12.1 Å². The van der Waals surface area contributed by atoms with Gasteiger partial charge >= 0.3 is 0 Å². The molecule has 1 unspecified atom stereocenters. The van der Waals surface area contributed by atoms with Crippen molar-refractivity contribution < 1.29 is 42.4 Å². The molecule has 4 aromatic rings. The van der Waals surface area contributed by atoms with Gasteiger partial charge in [-0.25, -0.2) is 27.5 Å². The third-order valence-electron chi connectivity index (χ3n) is 15.9. The molecule has 2 atom stereocenters. The van der Waals surface area contributed by atoms with E-state index in [9.17, 15) is 28.6 Å². The van der Waals surface area contributed by atoms with Crippen LogP contribution in [-0.4, -0.2) is 123 Å². The molecule has 2 aliphatic heterocycles. The molecule has 0 radical (unpaired) electrons. The number of carbonyl (C=O) groups is 1. The average molecular weight is 1010 g/mol. The molecule has 72 heavy (non-hydrogen) atoms. The van der Waals surface area contributed by atoms with Gasteiger partial charge in [-0.3, -0.25) is 14.6 Å². The van der Waals surface area contributed by atoms with Gasteiger partial charge in [0.2, 0.25) is 0 Å². The van der Waals surface area contributed by atoms with E-state index in [1.807, 2.05) is 6.92 Å². The Bertz CT molecular complexity index is 2810. The van der Waals surface area contributed by atoms with Crippen molar-refractivity contribution in [2.24, 2.45) is 11.3 Å². The van der Waals surface area contributed by atoms with Crippen molar-refractivity contribution in [3.8, 4) is 17.4 Å². The summed E-state index contributed by atoms with van der Waals surface area (Å²) < 4.78 is 57.2. The Hall–Kier alpha value is -5.47. The SMILES string of the molecule is C=C1C=C(F)c2cc(Oc3cc(N4CCC5(CC4)CC(N4CCN(CCO)C[C@H]4c4ccccc4C(C)C)C5)ccc3C(=O)NS(=O)(=O)c3cnc(NC[C@H]4CC[C@](C)(O)CC4)c([NH+](C)[O-])c3)c(OC)nc21. The summed E-state index contributed by atoms with van der Waals surface area (Å²) in [7, 11) is -1.88. The lowest BCUT2D eigenvalue weighted by Gasteiger charge is -2.58. The number of amides is 1. The molecule has 0 bridgehead atoms. The highest BCUT2D eigenvalue weighted by Crippen LogP contribution is 2.53. The lowest BCUT2D eigenvalue weighted by molar-refractivity contribution is -0.751. The van der Waals surface area contributed by atoms with Crippen LogP contribution < -0.4 is 29.5 Å². The van der Waals surface area contributed by atoms with Crippen LogP contribution in [0.15, 0.2) is 78.3 Å². The van der Waals surface area contributed by atoms with Gasteiger partial charge in [0, 0.05) is 81.3 Å². The maximum Gasteiger partial charge on any atom is 0.268 e. The zero-order chi connectivity index (χ0) is 51.1. The number of aromatic nitrogens is 2. The van der Waals surface area contributed by atoms with Gasteiger partial charge in [-0.05, 0) is 117 Å². The van der Waals surface area contributed by atoms with Gasteiger partial charge < -0.3 is 40.2 Å². The Labute approximate surface area is 422 Å². The van der Waals surface area contributed by atoms with E-state index in [-0.39, 0.29) is 74.6 Å². The fraction of sp³-hybridized carbons (Fsp3) is 0.500. The first-order valence-electron chi connectivity index (χ1n) is 25.3. The van der Waals surface area contributed by atoms with Crippen molar-refractivity contribution in [1.29, 1.82) is 0 Å².